The summed E-state index contributed by atoms with van der Waals surface area (Å²) in [5.41, 5.74) is 1.28. The Morgan fingerprint density at radius 2 is 1.83 bits per heavy atom. The normalized spacial score (nSPS) is 22.7. The molecule has 2 atom stereocenters. The van der Waals surface area contributed by atoms with Gasteiger partial charge in [-0.1, -0.05) is 35.9 Å². The summed E-state index contributed by atoms with van der Waals surface area (Å²) < 4.78 is 35.6. The van der Waals surface area contributed by atoms with E-state index in [4.69, 9.17) is 8.92 Å². The number of hydrogen-bond donors (Lipinski definition) is 0. The van der Waals surface area contributed by atoms with Crippen LogP contribution in [0.1, 0.15) is 60.9 Å². The molecule has 7 nitrogen and oxygen atoms in total. The molecular formula is C27H33NO6S. The summed E-state index contributed by atoms with van der Waals surface area (Å²) >= 11 is 0. The highest BCUT2D eigenvalue weighted by molar-refractivity contribution is 7.86. The topological polar surface area (TPSA) is 90.0 Å². The van der Waals surface area contributed by atoms with Gasteiger partial charge in [0.2, 0.25) is 0 Å². The molecule has 2 saturated heterocycles. The lowest BCUT2D eigenvalue weighted by atomic mass is 9.81. The summed E-state index contributed by atoms with van der Waals surface area (Å²) in [4.78, 5) is 27.3. The summed E-state index contributed by atoms with van der Waals surface area (Å²) in [6, 6.07) is 15.6. The molecule has 35 heavy (non-hydrogen) atoms. The minimum atomic E-state index is -3.77. The number of rotatable bonds is 10. The van der Waals surface area contributed by atoms with Crippen LogP contribution in [-0.4, -0.2) is 56.4 Å². The van der Waals surface area contributed by atoms with Crippen molar-refractivity contribution in [3.05, 3.63) is 65.7 Å². The number of benzene rings is 2. The van der Waals surface area contributed by atoms with E-state index in [2.05, 4.69) is 4.90 Å². The molecule has 0 amide bonds. The Balaban J connectivity index is 1.29. The number of nitrogens with zero attached hydrogens (tertiary/aromatic N) is 1. The van der Waals surface area contributed by atoms with E-state index in [1.165, 1.54) is 0 Å². The van der Waals surface area contributed by atoms with E-state index < -0.39 is 10.1 Å². The Kier molecular flexibility index (Phi) is 8.04. The Morgan fingerprint density at radius 1 is 1.09 bits per heavy atom. The van der Waals surface area contributed by atoms with Crippen LogP contribution in [0.3, 0.4) is 0 Å². The van der Waals surface area contributed by atoms with E-state index in [-0.39, 0.29) is 34.8 Å². The lowest BCUT2D eigenvalue weighted by molar-refractivity contribution is -0.127. The summed E-state index contributed by atoms with van der Waals surface area (Å²) in [6.45, 7) is 2.99. The van der Waals surface area contributed by atoms with Crippen molar-refractivity contribution < 1.29 is 26.9 Å². The van der Waals surface area contributed by atoms with Gasteiger partial charge in [0.05, 0.1) is 17.1 Å². The fourth-order valence-corrected chi connectivity index (χ4v) is 6.23. The Labute approximate surface area is 207 Å². The van der Waals surface area contributed by atoms with E-state index in [0.29, 0.717) is 38.0 Å². The van der Waals surface area contributed by atoms with E-state index in [9.17, 15) is 18.0 Å². The number of aryl methyl sites for hydroxylation is 1. The predicted molar refractivity (Wildman–Crippen MR) is 132 cm³/mol. The van der Waals surface area contributed by atoms with Gasteiger partial charge >= 0.3 is 5.97 Å². The number of ketones is 1. The van der Waals surface area contributed by atoms with Crippen molar-refractivity contribution in [1.29, 1.82) is 0 Å². The minimum absolute atomic E-state index is 0.0916. The maximum atomic E-state index is 12.4. The molecule has 2 aliphatic heterocycles. The van der Waals surface area contributed by atoms with Crippen molar-refractivity contribution in [2.24, 2.45) is 0 Å². The van der Waals surface area contributed by atoms with Gasteiger partial charge in [-0.15, -0.1) is 0 Å². The molecule has 2 heterocycles. The average Bonchev–Trinajstić information content (AvgIpc) is 3.20. The van der Waals surface area contributed by atoms with Crippen LogP contribution >= 0.6 is 0 Å². The maximum Gasteiger partial charge on any atom is 0.338 e. The van der Waals surface area contributed by atoms with Gasteiger partial charge < -0.3 is 4.74 Å². The second-order valence-electron chi connectivity index (χ2n) is 9.59. The molecular weight excluding hydrogens is 466 g/mol. The first-order valence-electron chi connectivity index (χ1n) is 12.3. The van der Waals surface area contributed by atoms with Gasteiger partial charge in [0.25, 0.3) is 10.1 Å². The fraction of sp³-hybridized carbons (Fsp3) is 0.481. The number of fused-ring (bicyclic) bond motifs is 1. The number of piperidine rings is 1. The fourth-order valence-electron chi connectivity index (χ4n) is 5.29. The largest absolute Gasteiger partial charge is 0.460 e. The van der Waals surface area contributed by atoms with Crippen LogP contribution in [0.25, 0.3) is 0 Å². The molecule has 2 aromatic carbocycles. The number of esters is 1. The van der Waals surface area contributed by atoms with Crippen LogP contribution < -0.4 is 0 Å². The van der Waals surface area contributed by atoms with Crippen LogP contribution in [0, 0.1) is 6.92 Å². The first-order chi connectivity index (χ1) is 16.8. The second kappa shape index (κ2) is 11.0. The molecule has 0 aromatic heterocycles. The van der Waals surface area contributed by atoms with Crippen LogP contribution in [0.2, 0.25) is 0 Å². The van der Waals surface area contributed by atoms with Crippen LogP contribution in [-0.2, 0) is 23.8 Å². The summed E-state index contributed by atoms with van der Waals surface area (Å²) in [6.07, 6.45) is 4.88. The SMILES string of the molecule is Cc1ccc(S(=O)(=O)OCCCCC23CCC(COC(=O)c4ccccc4)N2CCC(=O)C3)cc1. The predicted octanol–water partition coefficient (Wildman–Crippen LogP) is 4.29. The molecule has 0 bridgehead atoms. The average molecular weight is 500 g/mol. The zero-order chi connectivity index (χ0) is 24.9. The van der Waals surface area contributed by atoms with Gasteiger partial charge in [-0.3, -0.25) is 13.9 Å². The van der Waals surface area contributed by atoms with Gasteiger partial charge in [0.1, 0.15) is 12.4 Å². The smallest absolute Gasteiger partial charge is 0.338 e. The van der Waals surface area contributed by atoms with Crippen molar-refractivity contribution in [3.63, 3.8) is 0 Å². The monoisotopic (exact) mass is 499 g/mol. The van der Waals surface area contributed by atoms with Crippen LogP contribution in [0.5, 0.6) is 0 Å². The number of ether oxygens (including phenoxy) is 1. The first-order valence-corrected chi connectivity index (χ1v) is 13.7. The van der Waals surface area contributed by atoms with Crippen LogP contribution in [0.4, 0.5) is 0 Å². The third-order valence-corrected chi connectivity index (χ3v) is 8.48. The van der Waals surface area contributed by atoms with Gasteiger partial charge in [0.15, 0.2) is 0 Å². The molecule has 2 aromatic rings. The molecule has 0 N–H and O–H groups in total. The molecule has 0 saturated carbocycles. The van der Waals surface area contributed by atoms with Crippen molar-refractivity contribution in [2.45, 2.75) is 68.3 Å². The van der Waals surface area contributed by atoms with E-state index >= 15 is 0 Å². The summed E-state index contributed by atoms with van der Waals surface area (Å²) in [5, 5.41) is 0. The van der Waals surface area contributed by atoms with Crippen LogP contribution in [0.15, 0.2) is 59.5 Å². The number of hydrogen-bond acceptors (Lipinski definition) is 7. The lowest BCUT2D eigenvalue weighted by Gasteiger charge is -2.44. The zero-order valence-electron chi connectivity index (χ0n) is 20.1. The van der Waals surface area contributed by atoms with Gasteiger partial charge in [-0.05, 0) is 63.3 Å². The lowest BCUT2D eigenvalue weighted by Crippen LogP contribution is -2.53. The zero-order valence-corrected chi connectivity index (χ0v) is 21.0. The number of Topliss-reactive ketones (excluding diaryl/α,β-unsaturated/α-hetero) is 1. The molecule has 0 spiro atoms. The van der Waals surface area contributed by atoms with Crippen molar-refractivity contribution >= 4 is 21.9 Å². The maximum absolute atomic E-state index is 12.4. The summed E-state index contributed by atoms with van der Waals surface area (Å²) in [5.74, 6) is -0.0653. The second-order valence-corrected chi connectivity index (χ2v) is 11.2. The molecule has 2 fully saturated rings. The van der Waals surface area contributed by atoms with Crippen molar-refractivity contribution in [3.8, 4) is 0 Å². The molecule has 0 radical (unpaired) electrons. The number of carbonyl (C=O) groups excluding carboxylic acids is 2. The van der Waals surface area contributed by atoms with Gasteiger partial charge in [-0.25, -0.2) is 4.79 Å². The molecule has 2 unspecified atom stereocenters. The highest BCUT2D eigenvalue weighted by Crippen LogP contribution is 2.43. The molecule has 4 rings (SSSR count). The highest BCUT2D eigenvalue weighted by Gasteiger charge is 2.49. The van der Waals surface area contributed by atoms with E-state index in [1.807, 2.05) is 25.1 Å². The Bertz CT molecular complexity index is 1130. The molecule has 0 aliphatic carbocycles. The third-order valence-electron chi connectivity index (χ3n) is 7.15. The summed E-state index contributed by atoms with van der Waals surface area (Å²) in [7, 11) is -3.77. The number of carbonyl (C=O) groups is 2. The minimum Gasteiger partial charge on any atom is -0.460 e. The quantitative estimate of drug-likeness (QED) is 0.274. The van der Waals surface area contributed by atoms with E-state index in [1.54, 1.807) is 36.4 Å². The highest BCUT2D eigenvalue weighted by atomic mass is 32.2. The van der Waals surface area contributed by atoms with Crippen molar-refractivity contribution in [2.75, 3.05) is 19.8 Å². The Morgan fingerprint density at radius 3 is 2.57 bits per heavy atom. The molecule has 8 heteroatoms. The Hall–Kier alpha value is -2.55. The molecule has 2 aliphatic rings. The third kappa shape index (κ3) is 6.18. The van der Waals surface area contributed by atoms with E-state index in [0.717, 1.165) is 31.2 Å². The van der Waals surface area contributed by atoms with Gasteiger partial charge in [0, 0.05) is 31.0 Å². The molecule has 188 valence electrons. The standard InChI is InChI=1S/C27H33NO6S/c1-21-9-11-25(12-10-21)35(31,32)34-18-6-5-15-27-16-13-23(28(27)17-14-24(29)19-27)20-33-26(30)22-7-3-2-4-8-22/h2-4,7-12,23H,5-6,13-20H2,1H3. The van der Waals surface area contributed by atoms with Crippen molar-refractivity contribution in [1.82, 2.24) is 4.90 Å². The van der Waals surface area contributed by atoms with Gasteiger partial charge in [-0.2, -0.15) is 8.42 Å². The number of unbranched alkanes of at least 4 members (excludes halogenated alkanes) is 1. The first kappa shape index (κ1) is 25.5.